The largest absolute Gasteiger partial charge is 0.508 e. The van der Waals surface area contributed by atoms with Gasteiger partial charge in [-0.3, -0.25) is 9.59 Å². The van der Waals surface area contributed by atoms with Crippen LogP contribution in [0.4, 0.5) is 0 Å². The molecule has 1 N–H and O–H groups in total. The smallest absolute Gasteiger partial charge is 0.313 e. The second-order valence-electron chi connectivity index (χ2n) is 7.27. The van der Waals surface area contributed by atoms with Gasteiger partial charge in [0.25, 0.3) is 0 Å². The van der Waals surface area contributed by atoms with Crippen LogP contribution in [-0.4, -0.2) is 23.7 Å². The van der Waals surface area contributed by atoms with E-state index in [9.17, 15) is 14.7 Å². The van der Waals surface area contributed by atoms with Crippen molar-refractivity contribution in [1.29, 1.82) is 0 Å². The minimum absolute atomic E-state index is 0.0486. The first-order valence-electron chi connectivity index (χ1n) is 10.1. The number of phenolic OH excluding ortho intramolecular Hbond substituents is 1. The lowest BCUT2D eigenvalue weighted by molar-refractivity contribution is -0.244. The minimum atomic E-state index is -0.639. The van der Waals surface area contributed by atoms with Crippen molar-refractivity contribution in [3.05, 3.63) is 76.8 Å². The highest BCUT2D eigenvalue weighted by Crippen LogP contribution is 2.43. The Morgan fingerprint density at radius 1 is 1.13 bits per heavy atom. The fourth-order valence-corrected chi connectivity index (χ4v) is 3.68. The van der Waals surface area contributed by atoms with E-state index < -0.39 is 24.3 Å². The number of halogens is 1. The predicted octanol–water partition coefficient (Wildman–Crippen LogP) is 5.26. The number of phenols is 1. The van der Waals surface area contributed by atoms with Crippen LogP contribution in [0.25, 0.3) is 0 Å². The van der Waals surface area contributed by atoms with E-state index in [2.05, 4.69) is 4.74 Å². The fraction of sp³-hybridized carbons (Fsp3) is 0.333. The maximum Gasteiger partial charge on any atom is 0.313 e. The van der Waals surface area contributed by atoms with Gasteiger partial charge in [0.15, 0.2) is 6.29 Å². The lowest BCUT2D eigenvalue weighted by Gasteiger charge is -2.37. The van der Waals surface area contributed by atoms with Crippen LogP contribution < -0.4 is 0 Å². The lowest BCUT2D eigenvalue weighted by Crippen LogP contribution is -2.30. The average Bonchev–Trinajstić information content (AvgIpc) is 2.74. The summed E-state index contributed by atoms with van der Waals surface area (Å²) in [6.07, 6.45) is 3.99. The molecule has 3 atom stereocenters. The van der Waals surface area contributed by atoms with Gasteiger partial charge in [0.2, 0.25) is 0 Å². The van der Waals surface area contributed by atoms with Crippen molar-refractivity contribution in [2.24, 2.45) is 5.92 Å². The molecule has 3 rings (SSSR count). The van der Waals surface area contributed by atoms with Crippen molar-refractivity contribution in [3.63, 3.8) is 0 Å². The number of aromatic hydroxyl groups is 1. The Balaban J connectivity index is 1.68. The maximum atomic E-state index is 11.4. The maximum absolute atomic E-state index is 11.4. The Morgan fingerprint density at radius 3 is 2.55 bits per heavy atom. The molecule has 0 amide bonds. The van der Waals surface area contributed by atoms with E-state index in [4.69, 9.17) is 21.1 Å². The third-order valence-electron chi connectivity index (χ3n) is 4.94. The zero-order valence-electron chi connectivity index (χ0n) is 17.2. The molecule has 2 aromatic carbocycles. The Hall–Kier alpha value is -2.67. The summed E-state index contributed by atoms with van der Waals surface area (Å²) in [6.45, 7) is 1.61. The summed E-state index contributed by atoms with van der Waals surface area (Å²) in [4.78, 5) is 22.2. The van der Waals surface area contributed by atoms with Crippen molar-refractivity contribution in [2.45, 2.75) is 38.6 Å². The predicted molar refractivity (Wildman–Crippen MR) is 115 cm³/mol. The number of hydrogen-bond acceptors (Lipinski definition) is 6. The zero-order valence-corrected chi connectivity index (χ0v) is 18.0. The molecule has 6 nitrogen and oxygen atoms in total. The van der Waals surface area contributed by atoms with E-state index in [0.717, 1.165) is 5.56 Å². The molecule has 31 heavy (non-hydrogen) atoms. The summed E-state index contributed by atoms with van der Waals surface area (Å²) in [5, 5.41) is 10.9. The van der Waals surface area contributed by atoms with Crippen molar-refractivity contribution >= 4 is 23.5 Å². The molecule has 0 spiro atoms. The fourth-order valence-electron chi connectivity index (χ4n) is 3.46. The number of allylic oxidation sites excluding steroid dienone is 2. The van der Waals surface area contributed by atoms with Crippen LogP contribution in [0.15, 0.2) is 60.7 Å². The topological polar surface area (TPSA) is 82.1 Å². The SMILES string of the molecule is CC(=O)OC(=O)CC/C=C\C[C@@H]1CO[C@H](c2ccccc2Cl)O[C@@H]1c1ccccc1O. The van der Waals surface area contributed by atoms with Crippen molar-refractivity contribution in [2.75, 3.05) is 6.61 Å². The molecule has 1 aliphatic rings. The molecule has 1 fully saturated rings. The molecule has 2 aromatic rings. The van der Waals surface area contributed by atoms with Crippen molar-refractivity contribution in [1.82, 2.24) is 0 Å². The Labute approximate surface area is 186 Å². The van der Waals surface area contributed by atoms with E-state index in [0.29, 0.717) is 30.0 Å². The first kappa shape index (κ1) is 23.0. The lowest BCUT2D eigenvalue weighted by atomic mass is 9.91. The Bertz CT molecular complexity index is 941. The molecule has 7 heteroatoms. The Kier molecular flexibility index (Phi) is 8.23. The molecular formula is C24H25ClO6. The van der Waals surface area contributed by atoms with Crippen LogP contribution in [0.3, 0.4) is 0 Å². The standard InChI is InChI=1S/C24H25ClO6/c1-16(26)30-22(28)14-4-2-3-9-17-15-29-24(18-10-5-7-12-20(18)25)31-23(17)19-11-6-8-13-21(19)27/h2-3,5-8,10-13,17,23-24,27H,4,9,14-15H2,1H3/b3-2-/t17-,23+,24+/m1/s1. The number of para-hydroxylation sites is 1. The highest BCUT2D eigenvalue weighted by Gasteiger charge is 2.35. The summed E-state index contributed by atoms with van der Waals surface area (Å²) in [6, 6.07) is 14.4. The summed E-state index contributed by atoms with van der Waals surface area (Å²) in [7, 11) is 0. The molecule has 1 aliphatic heterocycles. The molecule has 164 valence electrons. The molecule has 1 saturated heterocycles. The number of ether oxygens (including phenoxy) is 3. The van der Waals surface area contributed by atoms with Crippen molar-refractivity contribution in [3.8, 4) is 5.75 Å². The first-order valence-corrected chi connectivity index (χ1v) is 10.5. The number of esters is 2. The minimum Gasteiger partial charge on any atom is -0.508 e. The van der Waals surface area contributed by atoms with Crippen LogP contribution in [0.1, 0.15) is 49.7 Å². The van der Waals surface area contributed by atoms with Crippen LogP contribution >= 0.6 is 11.6 Å². The van der Waals surface area contributed by atoms with E-state index in [1.54, 1.807) is 18.2 Å². The van der Waals surface area contributed by atoms with Crippen LogP contribution in [0, 0.1) is 5.92 Å². The summed E-state index contributed by atoms with van der Waals surface area (Å²) >= 11 is 6.31. The van der Waals surface area contributed by atoms with Gasteiger partial charge in [-0.25, -0.2) is 0 Å². The highest BCUT2D eigenvalue weighted by atomic mass is 35.5. The zero-order chi connectivity index (χ0) is 22.2. The van der Waals surface area contributed by atoms with Crippen LogP contribution in [0.5, 0.6) is 5.75 Å². The molecule has 0 saturated carbocycles. The van der Waals surface area contributed by atoms with Crippen molar-refractivity contribution < 1.29 is 28.9 Å². The molecular weight excluding hydrogens is 420 g/mol. The summed E-state index contributed by atoms with van der Waals surface area (Å²) in [5.41, 5.74) is 1.42. The van der Waals surface area contributed by atoms with Crippen LogP contribution in [-0.2, 0) is 23.8 Å². The van der Waals surface area contributed by atoms with Gasteiger partial charge < -0.3 is 19.3 Å². The highest BCUT2D eigenvalue weighted by molar-refractivity contribution is 6.31. The van der Waals surface area contributed by atoms with E-state index in [1.807, 2.05) is 42.5 Å². The molecule has 0 aromatic heterocycles. The number of rotatable bonds is 7. The van der Waals surface area contributed by atoms with E-state index >= 15 is 0 Å². The van der Waals surface area contributed by atoms with Gasteiger partial charge in [-0.2, -0.15) is 0 Å². The van der Waals surface area contributed by atoms with Gasteiger partial charge in [0, 0.05) is 35.4 Å². The number of benzene rings is 2. The van der Waals surface area contributed by atoms with Gasteiger partial charge in [-0.15, -0.1) is 0 Å². The normalized spacial score (nSPS) is 21.2. The van der Waals surface area contributed by atoms with Crippen LogP contribution in [0.2, 0.25) is 5.02 Å². The number of carbonyl (C=O) groups excluding carboxylic acids is 2. The van der Waals surface area contributed by atoms with Gasteiger partial charge in [0.05, 0.1) is 12.7 Å². The monoisotopic (exact) mass is 444 g/mol. The van der Waals surface area contributed by atoms with E-state index in [1.165, 1.54) is 6.92 Å². The van der Waals surface area contributed by atoms with Gasteiger partial charge >= 0.3 is 11.9 Å². The average molecular weight is 445 g/mol. The third kappa shape index (κ3) is 6.40. The summed E-state index contributed by atoms with van der Waals surface area (Å²) in [5.74, 6) is -1.04. The quantitative estimate of drug-likeness (QED) is 0.356. The second kappa shape index (κ2) is 11.1. The third-order valence-corrected chi connectivity index (χ3v) is 5.28. The second-order valence-corrected chi connectivity index (χ2v) is 7.68. The number of carbonyl (C=O) groups is 2. The number of hydrogen-bond donors (Lipinski definition) is 1. The Morgan fingerprint density at radius 2 is 1.84 bits per heavy atom. The molecule has 0 unspecified atom stereocenters. The van der Waals surface area contributed by atoms with Gasteiger partial charge in [-0.05, 0) is 25.0 Å². The molecule has 1 heterocycles. The van der Waals surface area contributed by atoms with Gasteiger partial charge in [0.1, 0.15) is 5.75 Å². The first-order chi connectivity index (χ1) is 15.0. The molecule has 0 bridgehead atoms. The van der Waals surface area contributed by atoms with Gasteiger partial charge in [-0.1, -0.05) is 60.2 Å². The molecule has 0 radical (unpaired) electrons. The molecule has 0 aliphatic carbocycles. The van der Waals surface area contributed by atoms with E-state index in [-0.39, 0.29) is 18.1 Å². The summed E-state index contributed by atoms with van der Waals surface area (Å²) < 4.78 is 16.7.